The maximum absolute atomic E-state index is 12.7. The summed E-state index contributed by atoms with van der Waals surface area (Å²) in [4.78, 5) is 0. The molecule has 0 spiro atoms. The molecule has 2 N–H and O–H groups in total. The van der Waals surface area contributed by atoms with E-state index in [0.29, 0.717) is 13.2 Å². The Kier molecular flexibility index (Phi) is 3.99. The van der Waals surface area contributed by atoms with E-state index in [2.05, 4.69) is 5.32 Å². The van der Waals surface area contributed by atoms with Crippen molar-refractivity contribution in [2.75, 3.05) is 26.4 Å². The van der Waals surface area contributed by atoms with Crippen LogP contribution in [0, 0.1) is 0 Å². The molecular formula is C9H17F2NO3. The van der Waals surface area contributed by atoms with Gasteiger partial charge in [0, 0.05) is 0 Å². The Morgan fingerprint density at radius 1 is 1.40 bits per heavy atom. The van der Waals surface area contributed by atoms with Crippen LogP contribution in [0.1, 0.15) is 13.8 Å². The summed E-state index contributed by atoms with van der Waals surface area (Å²) in [7, 11) is 0. The van der Waals surface area contributed by atoms with Gasteiger partial charge in [-0.15, -0.1) is 0 Å². The SMILES string of the molecule is CC1(C)OCC(NCC(F)(F)CO)CO1. The van der Waals surface area contributed by atoms with E-state index in [9.17, 15) is 8.78 Å². The number of hydrogen-bond acceptors (Lipinski definition) is 4. The molecule has 0 aliphatic carbocycles. The fourth-order valence-electron chi connectivity index (χ4n) is 1.16. The van der Waals surface area contributed by atoms with Gasteiger partial charge in [0.2, 0.25) is 0 Å². The summed E-state index contributed by atoms with van der Waals surface area (Å²) >= 11 is 0. The first-order chi connectivity index (χ1) is 6.85. The van der Waals surface area contributed by atoms with Gasteiger partial charge in [0.15, 0.2) is 5.79 Å². The van der Waals surface area contributed by atoms with E-state index in [-0.39, 0.29) is 6.04 Å². The highest BCUT2D eigenvalue weighted by atomic mass is 19.3. The minimum Gasteiger partial charge on any atom is -0.390 e. The molecule has 6 heteroatoms. The molecule has 0 bridgehead atoms. The lowest BCUT2D eigenvalue weighted by molar-refractivity contribution is -0.253. The molecule has 0 aromatic carbocycles. The van der Waals surface area contributed by atoms with E-state index in [1.165, 1.54) is 0 Å². The monoisotopic (exact) mass is 225 g/mol. The van der Waals surface area contributed by atoms with Crippen LogP contribution < -0.4 is 5.32 Å². The molecule has 0 atom stereocenters. The van der Waals surface area contributed by atoms with Crippen LogP contribution in [0.25, 0.3) is 0 Å². The molecule has 15 heavy (non-hydrogen) atoms. The Labute approximate surface area is 87.6 Å². The number of ether oxygens (including phenoxy) is 2. The molecule has 1 aliphatic rings. The summed E-state index contributed by atoms with van der Waals surface area (Å²) in [6, 6.07) is -0.254. The fraction of sp³-hybridized carbons (Fsp3) is 1.00. The first kappa shape index (κ1) is 12.8. The average molecular weight is 225 g/mol. The maximum atomic E-state index is 12.7. The van der Waals surface area contributed by atoms with Crippen molar-refractivity contribution in [3.8, 4) is 0 Å². The van der Waals surface area contributed by atoms with Crippen LogP contribution in [0.15, 0.2) is 0 Å². The topological polar surface area (TPSA) is 50.7 Å². The van der Waals surface area contributed by atoms with Crippen molar-refractivity contribution in [2.24, 2.45) is 0 Å². The summed E-state index contributed by atoms with van der Waals surface area (Å²) in [5.74, 6) is -3.73. The van der Waals surface area contributed by atoms with Gasteiger partial charge in [-0.25, -0.2) is 8.78 Å². The Morgan fingerprint density at radius 2 is 1.93 bits per heavy atom. The summed E-state index contributed by atoms with van der Waals surface area (Å²) in [6.07, 6.45) is 0. The Balaban J connectivity index is 2.25. The van der Waals surface area contributed by atoms with E-state index in [0.717, 1.165) is 0 Å². The van der Waals surface area contributed by atoms with Gasteiger partial charge in [-0.05, 0) is 13.8 Å². The molecule has 0 saturated carbocycles. The second kappa shape index (κ2) is 4.69. The van der Waals surface area contributed by atoms with Gasteiger partial charge in [-0.1, -0.05) is 0 Å². The first-order valence-electron chi connectivity index (χ1n) is 4.85. The van der Waals surface area contributed by atoms with Crippen molar-refractivity contribution < 1.29 is 23.4 Å². The van der Waals surface area contributed by atoms with E-state index in [4.69, 9.17) is 14.6 Å². The van der Waals surface area contributed by atoms with Gasteiger partial charge in [0.1, 0.15) is 6.61 Å². The van der Waals surface area contributed by atoms with Gasteiger partial charge in [0.25, 0.3) is 5.92 Å². The Hall–Kier alpha value is -0.300. The molecule has 4 nitrogen and oxygen atoms in total. The normalized spacial score (nSPS) is 23.0. The van der Waals surface area contributed by atoms with Crippen LogP contribution in [-0.4, -0.2) is 49.2 Å². The zero-order chi connectivity index (χ0) is 11.5. The molecule has 1 fully saturated rings. The summed E-state index contributed by atoms with van der Waals surface area (Å²) in [5.41, 5.74) is 0. The molecule has 0 amide bonds. The number of aliphatic hydroxyl groups excluding tert-OH is 1. The highest BCUT2D eigenvalue weighted by Crippen LogP contribution is 2.17. The molecule has 0 radical (unpaired) electrons. The van der Waals surface area contributed by atoms with E-state index in [1.54, 1.807) is 13.8 Å². The zero-order valence-electron chi connectivity index (χ0n) is 8.93. The van der Waals surface area contributed by atoms with Gasteiger partial charge < -0.3 is 19.9 Å². The number of halogens is 2. The summed E-state index contributed by atoms with van der Waals surface area (Å²) < 4.78 is 35.9. The van der Waals surface area contributed by atoms with E-state index in [1.807, 2.05) is 0 Å². The van der Waals surface area contributed by atoms with Crippen molar-refractivity contribution >= 4 is 0 Å². The Bertz CT molecular complexity index is 202. The predicted molar refractivity (Wildman–Crippen MR) is 49.8 cm³/mol. The van der Waals surface area contributed by atoms with Crippen molar-refractivity contribution in [1.29, 1.82) is 0 Å². The standard InChI is InChI=1S/C9H17F2NO3/c1-8(2)14-3-7(4-15-8)12-5-9(10,11)6-13/h7,12-13H,3-6H2,1-2H3. The fourth-order valence-corrected chi connectivity index (χ4v) is 1.16. The van der Waals surface area contributed by atoms with Gasteiger partial charge in [0.05, 0.1) is 25.8 Å². The molecule has 0 unspecified atom stereocenters. The van der Waals surface area contributed by atoms with E-state index >= 15 is 0 Å². The number of rotatable bonds is 4. The highest BCUT2D eigenvalue weighted by Gasteiger charge is 2.32. The third kappa shape index (κ3) is 4.38. The van der Waals surface area contributed by atoms with Crippen LogP contribution >= 0.6 is 0 Å². The second-order valence-corrected chi connectivity index (χ2v) is 4.11. The average Bonchev–Trinajstić information content (AvgIpc) is 2.16. The Morgan fingerprint density at radius 3 is 2.40 bits per heavy atom. The lowest BCUT2D eigenvalue weighted by atomic mass is 10.2. The lowest BCUT2D eigenvalue weighted by Gasteiger charge is -2.35. The molecule has 90 valence electrons. The van der Waals surface area contributed by atoms with Crippen LogP contribution in [0.5, 0.6) is 0 Å². The summed E-state index contributed by atoms with van der Waals surface area (Å²) in [6.45, 7) is 2.47. The molecule has 1 heterocycles. The van der Waals surface area contributed by atoms with E-state index < -0.39 is 24.9 Å². The smallest absolute Gasteiger partial charge is 0.282 e. The highest BCUT2D eigenvalue weighted by molar-refractivity contribution is 4.77. The number of hydrogen-bond donors (Lipinski definition) is 2. The van der Waals surface area contributed by atoms with Gasteiger partial charge in [-0.2, -0.15) is 0 Å². The number of alkyl halides is 2. The van der Waals surface area contributed by atoms with Crippen LogP contribution in [0.4, 0.5) is 8.78 Å². The molecule has 0 aromatic rings. The third-order valence-electron chi connectivity index (χ3n) is 2.14. The van der Waals surface area contributed by atoms with Gasteiger partial charge >= 0.3 is 0 Å². The van der Waals surface area contributed by atoms with Crippen molar-refractivity contribution in [1.82, 2.24) is 5.32 Å². The third-order valence-corrected chi connectivity index (χ3v) is 2.14. The van der Waals surface area contributed by atoms with Crippen molar-refractivity contribution in [2.45, 2.75) is 31.6 Å². The molecular weight excluding hydrogens is 208 g/mol. The lowest BCUT2D eigenvalue weighted by Crippen LogP contribution is -2.51. The minimum absolute atomic E-state index is 0.254. The van der Waals surface area contributed by atoms with Crippen LogP contribution in [0.3, 0.4) is 0 Å². The number of nitrogens with one attached hydrogen (secondary N) is 1. The molecule has 1 saturated heterocycles. The second-order valence-electron chi connectivity index (χ2n) is 4.11. The molecule has 1 rings (SSSR count). The van der Waals surface area contributed by atoms with Crippen molar-refractivity contribution in [3.63, 3.8) is 0 Å². The zero-order valence-corrected chi connectivity index (χ0v) is 8.93. The maximum Gasteiger partial charge on any atom is 0.282 e. The molecule has 0 aromatic heterocycles. The van der Waals surface area contributed by atoms with Gasteiger partial charge in [-0.3, -0.25) is 0 Å². The van der Waals surface area contributed by atoms with Crippen molar-refractivity contribution in [3.05, 3.63) is 0 Å². The molecule has 1 aliphatic heterocycles. The number of aliphatic hydroxyl groups is 1. The van der Waals surface area contributed by atoms with Crippen LogP contribution in [0.2, 0.25) is 0 Å². The quantitative estimate of drug-likeness (QED) is 0.725. The predicted octanol–water partition coefficient (Wildman–Crippen LogP) is 0.355. The summed E-state index contributed by atoms with van der Waals surface area (Å²) in [5, 5.41) is 10.9. The van der Waals surface area contributed by atoms with Crippen LogP contribution in [-0.2, 0) is 9.47 Å². The largest absolute Gasteiger partial charge is 0.390 e. The minimum atomic E-state index is -3.09. The first-order valence-corrected chi connectivity index (χ1v) is 4.85.